The van der Waals surface area contributed by atoms with Crippen LogP contribution in [0.1, 0.15) is 17.2 Å². The van der Waals surface area contributed by atoms with Gasteiger partial charge >= 0.3 is 0 Å². The molecule has 0 aliphatic carbocycles. The topological polar surface area (TPSA) is 64.9 Å². The van der Waals surface area contributed by atoms with Crippen LogP contribution in [0.4, 0.5) is 5.69 Å². The maximum atomic E-state index is 11.8. The molecule has 2 rings (SSSR count). The van der Waals surface area contributed by atoms with Crippen LogP contribution >= 0.6 is 0 Å². The van der Waals surface area contributed by atoms with Gasteiger partial charge in [-0.25, -0.2) is 5.43 Å². The van der Waals surface area contributed by atoms with Crippen molar-refractivity contribution in [3.05, 3.63) is 65.7 Å². The van der Waals surface area contributed by atoms with Gasteiger partial charge in [0, 0.05) is 19.8 Å². The van der Waals surface area contributed by atoms with Gasteiger partial charge in [0.25, 0.3) is 5.91 Å². The van der Waals surface area contributed by atoms with Crippen molar-refractivity contribution in [2.75, 3.05) is 19.0 Å². The molecule has 5 heteroatoms. The van der Waals surface area contributed by atoms with Crippen LogP contribution in [0.5, 0.6) is 0 Å². The molecule has 0 aromatic heterocycles. The van der Waals surface area contributed by atoms with Gasteiger partial charge in [0.1, 0.15) is 0 Å². The molecule has 0 saturated carbocycles. The zero-order chi connectivity index (χ0) is 15.9. The van der Waals surface area contributed by atoms with Crippen LogP contribution in [-0.2, 0) is 4.79 Å². The molecule has 0 unspecified atom stereocenters. The highest BCUT2D eigenvalue weighted by Crippen LogP contribution is 2.12. The SMILES string of the molecule is CN(C)c1ccc(/C=N\NC(=O)[C@H](O)c2ccccc2)cc1. The minimum absolute atomic E-state index is 0.533. The van der Waals surface area contributed by atoms with E-state index in [2.05, 4.69) is 10.5 Å². The van der Waals surface area contributed by atoms with Crippen LogP contribution in [0.25, 0.3) is 0 Å². The highest BCUT2D eigenvalue weighted by molar-refractivity contribution is 5.85. The maximum absolute atomic E-state index is 11.8. The number of carbonyl (C=O) groups is 1. The number of nitrogens with one attached hydrogen (secondary N) is 1. The molecule has 0 spiro atoms. The average molecular weight is 297 g/mol. The molecule has 5 nitrogen and oxygen atoms in total. The van der Waals surface area contributed by atoms with E-state index in [1.807, 2.05) is 49.3 Å². The predicted octanol–water partition coefficient (Wildman–Crippen LogP) is 1.94. The third kappa shape index (κ3) is 4.17. The molecule has 114 valence electrons. The van der Waals surface area contributed by atoms with E-state index >= 15 is 0 Å². The first-order valence-corrected chi connectivity index (χ1v) is 6.91. The van der Waals surface area contributed by atoms with Crippen LogP contribution in [-0.4, -0.2) is 31.3 Å². The zero-order valence-electron chi connectivity index (χ0n) is 12.6. The fourth-order valence-corrected chi connectivity index (χ4v) is 1.88. The Labute approximate surface area is 129 Å². The van der Waals surface area contributed by atoms with Crippen LogP contribution in [0, 0.1) is 0 Å². The highest BCUT2D eigenvalue weighted by atomic mass is 16.3. The van der Waals surface area contributed by atoms with Crippen molar-refractivity contribution in [2.45, 2.75) is 6.10 Å². The third-order valence-corrected chi connectivity index (χ3v) is 3.16. The van der Waals surface area contributed by atoms with E-state index in [0.717, 1.165) is 11.3 Å². The predicted molar refractivity (Wildman–Crippen MR) is 87.9 cm³/mol. The number of hydrogen-bond acceptors (Lipinski definition) is 4. The van der Waals surface area contributed by atoms with Gasteiger partial charge in [-0.2, -0.15) is 5.10 Å². The summed E-state index contributed by atoms with van der Waals surface area (Å²) in [6.07, 6.45) is 0.309. The monoisotopic (exact) mass is 297 g/mol. The summed E-state index contributed by atoms with van der Waals surface area (Å²) in [5, 5.41) is 13.8. The average Bonchev–Trinajstić information content (AvgIpc) is 2.55. The Kier molecular flexibility index (Phi) is 5.27. The Bertz CT molecular complexity index is 637. The second-order valence-electron chi connectivity index (χ2n) is 5.03. The normalized spacial score (nSPS) is 12.1. The summed E-state index contributed by atoms with van der Waals surface area (Å²) in [5.41, 5.74) is 4.81. The van der Waals surface area contributed by atoms with Crippen molar-refractivity contribution < 1.29 is 9.90 Å². The van der Waals surface area contributed by atoms with Crippen LogP contribution in [0.2, 0.25) is 0 Å². The molecule has 0 aliphatic rings. The molecule has 22 heavy (non-hydrogen) atoms. The van der Waals surface area contributed by atoms with Gasteiger partial charge < -0.3 is 10.0 Å². The fraction of sp³-hybridized carbons (Fsp3) is 0.176. The molecule has 0 fully saturated rings. The summed E-state index contributed by atoms with van der Waals surface area (Å²) in [6.45, 7) is 0. The highest BCUT2D eigenvalue weighted by Gasteiger charge is 2.15. The third-order valence-electron chi connectivity index (χ3n) is 3.16. The number of rotatable bonds is 5. The number of anilines is 1. The summed E-state index contributed by atoms with van der Waals surface area (Å²) in [6, 6.07) is 16.5. The number of aliphatic hydroxyl groups excluding tert-OH is 1. The molecule has 2 N–H and O–H groups in total. The number of hydrazone groups is 1. The van der Waals surface area contributed by atoms with E-state index < -0.39 is 12.0 Å². The van der Waals surface area contributed by atoms with Crippen LogP contribution < -0.4 is 10.3 Å². The fourth-order valence-electron chi connectivity index (χ4n) is 1.88. The first kappa shape index (κ1) is 15.7. The lowest BCUT2D eigenvalue weighted by Gasteiger charge is -2.11. The second-order valence-corrected chi connectivity index (χ2v) is 5.03. The van der Waals surface area contributed by atoms with E-state index in [1.54, 1.807) is 24.3 Å². The van der Waals surface area contributed by atoms with Gasteiger partial charge in [-0.05, 0) is 23.3 Å². The number of benzene rings is 2. The van der Waals surface area contributed by atoms with Crippen molar-refractivity contribution in [1.29, 1.82) is 0 Å². The van der Waals surface area contributed by atoms with Gasteiger partial charge in [0.05, 0.1) is 6.21 Å². The molecule has 0 bridgehead atoms. The van der Waals surface area contributed by atoms with E-state index in [-0.39, 0.29) is 0 Å². The second kappa shape index (κ2) is 7.38. The van der Waals surface area contributed by atoms with Gasteiger partial charge in [-0.15, -0.1) is 0 Å². The smallest absolute Gasteiger partial charge is 0.273 e. The van der Waals surface area contributed by atoms with Crippen LogP contribution in [0.15, 0.2) is 59.7 Å². The molecule has 0 heterocycles. The molecule has 1 amide bonds. The quantitative estimate of drug-likeness (QED) is 0.655. The van der Waals surface area contributed by atoms with Gasteiger partial charge in [-0.1, -0.05) is 42.5 Å². The molecule has 2 aromatic carbocycles. The van der Waals surface area contributed by atoms with Gasteiger partial charge in [0.15, 0.2) is 6.10 Å². The zero-order valence-corrected chi connectivity index (χ0v) is 12.6. The van der Waals surface area contributed by atoms with E-state index in [4.69, 9.17) is 0 Å². The summed E-state index contributed by atoms with van der Waals surface area (Å²) >= 11 is 0. The number of aliphatic hydroxyl groups is 1. The van der Waals surface area contributed by atoms with E-state index in [0.29, 0.717) is 5.56 Å². The Balaban J connectivity index is 1.93. The number of nitrogens with zero attached hydrogens (tertiary/aromatic N) is 2. The molecule has 2 aromatic rings. The molecule has 0 saturated heterocycles. The molecule has 0 radical (unpaired) electrons. The number of carbonyl (C=O) groups excluding carboxylic acids is 1. The van der Waals surface area contributed by atoms with Crippen molar-refractivity contribution in [3.63, 3.8) is 0 Å². The van der Waals surface area contributed by atoms with Crippen molar-refractivity contribution in [3.8, 4) is 0 Å². The Morgan fingerprint density at radius 2 is 1.77 bits per heavy atom. The van der Waals surface area contributed by atoms with Crippen molar-refractivity contribution in [1.82, 2.24) is 5.43 Å². The minimum Gasteiger partial charge on any atom is -0.378 e. The summed E-state index contributed by atoms with van der Waals surface area (Å²) in [4.78, 5) is 13.8. The minimum atomic E-state index is -1.23. The van der Waals surface area contributed by atoms with E-state index in [1.165, 1.54) is 6.21 Å². The van der Waals surface area contributed by atoms with Crippen molar-refractivity contribution in [2.24, 2.45) is 5.10 Å². The molecule has 1 atom stereocenters. The first-order chi connectivity index (χ1) is 10.6. The van der Waals surface area contributed by atoms with Gasteiger partial charge in [-0.3, -0.25) is 4.79 Å². The van der Waals surface area contributed by atoms with Gasteiger partial charge in [0.2, 0.25) is 0 Å². The first-order valence-electron chi connectivity index (χ1n) is 6.91. The Hall–Kier alpha value is -2.66. The molecule has 0 aliphatic heterocycles. The summed E-state index contributed by atoms with van der Waals surface area (Å²) in [7, 11) is 3.93. The lowest BCUT2D eigenvalue weighted by Crippen LogP contribution is -2.25. The lowest BCUT2D eigenvalue weighted by atomic mass is 10.1. The Morgan fingerprint density at radius 3 is 2.36 bits per heavy atom. The number of hydrogen-bond donors (Lipinski definition) is 2. The number of amides is 1. The standard InChI is InChI=1S/C17H19N3O2/c1-20(2)15-10-8-13(9-11-15)12-18-19-17(22)16(21)14-6-4-3-5-7-14/h3-12,16,21H,1-2H3,(H,19,22)/b18-12-/t16-/m1/s1. The molecular formula is C17H19N3O2. The summed E-state index contributed by atoms with van der Waals surface area (Å²) in [5.74, 6) is -0.563. The molecular weight excluding hydrogens is 278 g/mol. The van der Waals surface area contributed by atoms with Crippen LogP contribution in [0.3, 0.4) is 0 Å². The lowest BCUT2D eigenvalue weighted by molar-refractivity contribution is -0.129. The maximum Gasteiger partial charge on any atom is 0.273 e. The largest absolute Gasteiger partial charge is 0.378 e. The Morgan fingerprint density at radius 1 is 1.14 bits per heavy atom. The van der Waals surface area contributed by atoms with Crippen molar-refractivity contribution >= 4 is 17.8 Å². The summed E-state index contributed by atoms with van der Waals surface area (Å²) < 4.78 is 0. The van der Waals surface area contributed by atoms with E-state index in [9.17, 15) is 9.90 Å².